The molecule has 3 aromatic rings. The van der Waals surface area contributed by atoms with Gasteiger partial charge < -0.3 is 16.0 Å². The molecule has 0 aliphatic rings. The second kappa shape index (κ2) is 9.45. The van der Waals surface area contributed by atoms with Crippen molar-refractivity contribution >= 4 is 28.9 Å². The van der Waals surface area contributed by atoms with Crippen LogP contribution in [0.15, 0.2) is 66.9 Å². The quantitative estimate of drug-likeness (QED) is 0.566. The van der Waals surface area contributed by atoms with Crippen LogP contribution >= 0.6 is 0 Å². The van der Waals surface area contributed by atoms with Crippen molar-refractivity contribution in [1.29, 1.82) is 0 Å². The summed E-state index contributed by atoms with van der Waals surface area (Å²) in [6, 6.07) is 16.6. The second-order valence-electron chi connectivity index (χ2n) is 6.45. The SMILES string of the molecule is CC(=O)Nc1ccc(NC(=O)c2ccc(NCCc3ccc(F)cc3)cn2)cc1. The number of halogens is 1. The van der Waals surface area contributed by atoms with Crippen molar-refractivity contribution in [3.63, 3.8) is 0 Å². The highest BCUT2D eigenvalue weighted by Crippen LogP contribution is 2.15. The summed E-state index contributed by atoms with van der Waals surface area (Å²) in [7, 11) is 0. The first kappa shape index (κ1) is 20.0. The van der Waals surface area contributed by atoms with Crippen LogP contribution in [-0.4, -0.2) is 23.3 Å². The molecule has 2 amide bonds. The Labute approximate surface area is 168 Å². The van der Waals surface area contributed by atoms with Gasteiger partial charge in [0.2, 0.25) is 5.91 Å². The van der Waals surface area contributed by atoms with Crippen molar-refractivity contribution in [3.05, 3.63) is 83.9 Å². The van der Waals surface area contributed by atoms with Gasteiger partial charge in [-0.05, 0) is 60.5 Å². The van der Waals surface area contributed by atoms with Crippen LogP contribution in [0.25, 0.3) is 0 Å². The molecule has 0 bridgehead atoms. The van der Waals surface area contributed by atoms with E-state index in [1.165, 1.54) is 19.1 Å². The number of benzene rings is 2. The first-order valence-corrected chi connectivity index (χ1v) is 9.13. The fraction of sp³-hybridized carbons (Fsp3) is 0.136. The highest BCUT2D eigenvalue weighted by molar-refractivity contribution is 6.03. The molecule has 3 rings (SSSR count). The Bertz CT molecular complexity index is 971. The molecule has 0 spiro atoms. The van der Waals surface area contributed by atoms with E-state index in [1.807, 2.05) is 0 Å². The zero-order chi connectivity index (χ0) is 20.6. The normalized spacial score (nSPS) is 10.3. The first-order chi connectivity index (χ1) is 14.0. The Morgan fingerprint density at radius 3 is 2.07 bits per heavy atom. The van der Waals surface area contributed by atoms with Crippen molar-refractivity contribution in [1.82, 2.24) is 4.98 Å². The molecule has 3 N–H and O–H groups in total. The number of pyridine rings is 1. The number of nitrogens with one attached hydrogen (secondary N) is 3. The Morgan fingerprint density at radius 1 is 0.862 bits per heavy atom. The molecule has 0 aliphatic carbocycles. The molecule has 29 heavy (non-hydrogen) atoms. The number of hydrogen-bond donors (Lipinski definition) is 3. The monoisotopic (exact) mass is 392 g/mol. The Hall–Kier alpha value is -3.74. The van der Waals surface area contributed by atoms with Crippen LogP contribution in [0.5, 0.6) is 0 Å². The summed E-state index contributed by atoms with van der Waals surface area (Å²) in [4.78, 5) is 27.5. The lowest BCUT2D eigenvalue weighted by Gasteiger charge is -2.08. The fourth-order valence-corrected chi connectivity index (χ4v) is 2.67. The summed E-state index contributed by atoms with van der Waals surface area (Å²) in [6.45, 7) is 2.10. The third-order valence-electron chi connectivity index (χ3n) is 4.12. The van der Waals surface area contributed by atoms with Gasteiger partial charge in [0.15, 0.2) is 0 Å². The van der Waals surface area contributed by atoms with Crippen molar-refractivity contribution in [2.45, 2.75) is 13.3 Å². The highest BCUT2D eigenvalue weighted by atomic mass is 19.1. The predicted molar refractivity (Wildman–Crippen MR) is 112 cm³/mol. The average molecular weight is 392 g/mol. The van der Waals surface area contributed by atoms with Gasteiger partial charge in [0.05, 0.1) is 11.9 Å². The predicted octanol–water partition coefficient (Wildman–Crippen LogP) is 4.09. The van der Waals surface area contributed by atoms with Crippen LogP contribution in [0.4, 0.5) is 21.5 Å². The molecule has 0 radical (unpaired) electrons. The lowest BCUT2D eigenvalue weighted by molar-refractivity contribution is -0.114. The third kappa shape index (κ3) is 6.14. The van der Waals surface area contributed by atoms with Gasteiger partial charge in [-0.25, -0.2) is 9.37 Å². The molecular formula is C22H21FN4O2. The lowest BCUT2D eigenvalue weighted by atomic mass is 10.1. The Kier molecular flexibility index (Phi) is 6.52. The lowest BCUT2D eigenvalue weighted by Crippen LogP contribution is -2.14. The molecule has 1 aromatic heterocycles. The van der Waals surface area contributed by atoms with E-state index >= 15 is 0 Å². The largest absolute Gasteiger partial charge is 0.383 e. The van der Waals surface area contributed by atoms with Crippen molar-refractivity contribution in [2.75, 3.05) is 22.5 Å². The zero-order valence-corrected chi connectivity index (χ0v) is 15.9. The number of carbonyl (C=O) groups excluding carboxylic acids is 2. The van der Waals surface area contributed by atoms with Crippen LogP contribution in [0.3, 0.4) is 0 Å². The van der Waals surface area contributed by atoms with Crippen molar-refractivity contribution in [3.8, 4) is 0 Å². The molecular weight excluding hydrogens is 371 g/mol. The number of anilines is 3. The van der Waals surface area contributed by atoms with Gasteiger partial charge in [-0.3, -0.25) is 9.59 Å². The third-order valence-corrected chi connectivity index (χ3v) is 4.12. The number of hydrogen-bond acceptors (Lipinski definition) is 4. The van der Waals surface area contributed by atoms with E-state index in [-0.39, 0.29) is 17.6 Å². The number of carbonyl (C=O) groups is 2. The van der Waals surface area contributed by atoms with Gasteiger partial charge in [0.25, 0.3) is 5.91 Å². The van der Waals surface area contributed by atoms with Crippen LogP contribution < -0.4 is 16.0 Å². The van der Waals surface area contributed by atoms with Gasteiger partial charge in [0.1, 0.15) is 11.5 Å². The maximum absolute atomic E-state index is 12.9. The minimum Gasteiger partial charge on any atom is -0.383 e. The van der Waals surface area contributed by atoms with Gasteiger partial charge in [-0.1, -0.05) is 12.1 Å². The molecule has 0 unspecified atom stereocenters. The average Bonchev–Trinajstić information content (AvgIpc) is 2.71. The molecule has 2 aromatic carbocycles. The fourth-order valence-electron chi connectivity index (χ4n) is 2.67. The Morgan fingerprint density at radius 2 is 1.48 bits per heavy atom. The van der Waals surface area contributed by atoms with E-state index in [0.717, 1.165) is 17.7 Å². The number of aromatic nitrogens is 1. The van der Waals surface area contributed by atoms with Gasteiger partial charge in [0, 0.05) is 24.8 Å². The summed E-state index contributed by atoms with van der Waals surface area (Å²) in [5.74, 6) is -0.726. The zero-order valence-electron chi connectivity index (χ0n) is 15.9. The van der Waals surface area contributed by atoms with Crippen molar-refractivity contribution in [2.24, 2.45) is 0 Å². The molecule has 0 saturated carbocycles. The van der Waals surface area contributed by atoms with E-state index in [4.69, 9.17) is 0 Å². The van der Waals surface area contributed by atoms with E-state index in [9.17, 15) is 14.0 Å². The van der Waals surface area contributed by atoms with E-state index in [2.05, 4.69) is 20.9 Å². The molecule has 0 fully saturated rings. The molecule has 0 aliphatic heterocycles. The number of nitrogens with zero attached hydrogens (tertiary/aromatic N) is 1. The molecule has 0 saturated heterocycles. The van der Waals surface area contributed by atoms with E-state index in [1.54, 1.807) is 54.7 Å². The van der Waals surface area contributed by atoms with Crippen LogP contribution in [0.2, 0.25) is 0 Å². The number of amides is 2. The van der Waals surface area contributed by atoms with Gasteiger partial charge in [-0.2, -0.15) is 0 Å². The summed E-state index contributed by atoms with van der Waals surface area (Å²) in [5, 5.41) is 8.65. The van der Waals surface area contributed by atoms with Crippen LogP contribution in [0.1, 0.15) is 23.0 Å². The van der Waals surface area contributed by atoms with Gasteiger partial charge in [-0.15, -0.1) is 0 Å². The second-order valence-corrected chi connectivity index (χ2v) is 6.45. The van der Waals surface area contributed by atoms with Gasteiger partial charge >= 0.3 is 0 Å². The molecule has 7 heteroatoms. The minimum absolute atomic E-state index is 0.155. The Balaban J connectivity index is 1.50. The topological polar surface area (TPSA) is 83.1 Å². The summed E-state index contributed by atoms with van der Waals surface area (Å²) in [5.41, 5.74) is 3.38. The highest BCUT2D eigenvalue weighted by Gasteiger charge is 2.08. The van der Waals surface area contributed by atoms with Crippen LogP contribution in [-0.2, 0) is 11.2 Å². The maximum atomic E-state index is 12.9. The molecule has 148 valence electrons. The first-order valence-electron chi connectivity index (χ1n) is 9.13. The summed E-state index contributed by atoms with van der Waals surface area (Å²) in [6.07, 6.45) is 2.34. The van der Waals surface area contributed by atoms with Crippen molar-refractivity contribution < 1.29 is 14.0 Å². The molecule has 0 atom stereocenters. The minimum atomic E-state index is -0.324. The number of rotatable bonds is 7. The van der Waals surface area contributed by atoms with Crippen LogP contribution in [0, 0.1) is 5.82 Å². The van der Waals surface area contributed by atoms with E-state index < -0.39 is 0 Å². The molecule has 6 nitrogen and oxygen atoms in total. The smallest absolute Gasteiger partial charge is 0.274 e. The maximum Gasteiger partial charge on any atom is 0.274 e. The van der Waals surface area contributed by atoms with E-state index in [0.29, 0.717) is 23.6 Å². The summed E-state index contributed by atoms with van der Waals surface area (Å²) >= 11 is 0. The standard InChI is InChI=1S/C22H21FN4O2/c1-15(28)26-18-6-8-19(9-7-18)27-22(29)21-11-10-20(14-25-21)24-13-12-16-2-4-17(23)5-3-16/h2-11,14,24H,12-13H2,1H3,(H,26,28)(H,27,29). The summed E-state index contributed by atoms with van der Waals surface area (Å²) < 4.78 is 12.9. The molecule has 1 heterocycles.